The molecule has 0 saturated heterocycles. The smallest absolute Gasteiger partial charge is 0.261 e. The molecule has 42 heavy (non-hydrogen) atoms. The van der Waals surface area contributed by atoms with Gasteiger partial charge in [0.1, 0.15) is 11.1 Å². The molecule has 0 aliphatic heterocycles. The van der Waals surface area contributed by atoms with Crippen LogP contribution in [0.15, 0.2) is 58.3 Å². The van der Waals surface area contributed by atoms with Crippen LogP contribution in [0.3, 0.4) is 0 Å². The molecule has 0 atom stereocenters. The van der Waals surface area contributed by atoms with E-state index in [9.17, 15) is 53.5 Å². The lowest BCUT2D eigenvalue weighted by Gasteiger charge is -2.14. The van der Waals surface area contributed by atoms with Crippen LogP contribution in [-0.4, -0.2) is 11.8 Å². The van der Waals surface area contributed by atoms with E-state index in [2.05, 4.69) is 10.6 Å². The summed E-state index contributed by atoms with van der Waals surface area (Å²) < 4.78 is 137. The highest BCUT2D eigenvalue weighted by Crippen LogP contribution is 2.44. The van der Waals surface area contributed by atoms with Crippen molar-refractivity contribution in [3.63, 3.8) is 0 Å². The molecule has 4 nitrogen and oxygen atoms in total. The molecular weight excluding hydrogens is 626 g/mol. The van der Waals surface area contributed by atoms with Gasteiger partial charge in [-0.2, -0.15) is 0 Å². The van der Waals surface area contributed by atoms with Crippen molar-refractivity contribution < 1.29 is 53.5 Å². The van der Waals surface area contributed by atoms with E-state index < -0.39 is 81.1 Å². The molecule has 2 amide bonds. The van der Waals surface area contributed by atoms with Crippen molar-refractivity contribution in [1.29, 1.82) is 0 Å². The predicted octanol–water partition coefficient (Wildman–Crippen LogP) is 8.38. The van der Waals surface area contributed by atoms with Gasteiger partial charge < -0.3 is 10.6 Å². The van der Waals surface area contributed by atoms with Crippen molar-refractivity contribution in [2.45, 2.75) is 9.79 Å². The Morgan fingerprint density at radius 2 is 0.690 bits per heavy atom. The van der Waals surface area contributed by atoms with Gasteiger partial charge in [0.25, 0.3) is 11.8 Å². The Hall–Kier alpha value is -4.18. The molecule has 2 N–H and O–H groups in total. The minimum Gasteiger partial charge on any atom is -0.321 e. The largest absolute Gasteiger partial charge is 0.321 e. The molecule has 0 saturated carbocycles. The number of anilines is 2. The van der Waals surface area contributed by atoms with Crippen molar-refractivity contribution >= 4 is 44.8 Å². The van der Waals surface area contributed by atoms with Crippen molar-refractivity contribution in [3.05, 3.63) is 118 Å². The lowest BCUT2D eigenvalue weighted by atomic mass is 10.1. The maximum Gasteiger partial charge on any atom is 0.261 e. The molecule has 0 heterocycles. The summed E-state index contributed by atoms with van der Waals surface area (Å²) >= 11 is 0. The number of rotatable bonds is 7. The second-order valence-corrected chi connectivity index (χ2v) is 10.2. The lowest BCUT2D eigenvalue weighted by Crippen LogP contribution is -2.19. The zero-order valence-electron chi connectivity index (χ0n) is 20.0. The third-order valence-electron chi connectivity index (χ3n) is 5.37. The molecule has 16 heteroatoms. The monoisotopic (exact) mass is 636 g/mol. The first-order chi connectivity index (χ1) is 19.8. The van der Waals surface area contributed by atoms with Crippen molar-refractivity contribution in [3.8, 4) is 0 Å². The number of nitrogens with one attached hydrogen (secondary N) is 2. The Balaban J connectivity index is 1.57. The van der Waals surface area contributed by atoms with Gasteiger partial charge in [0.05, 0.1) is 11.4 Å². The molecule has 0 aliphatic carbocycles. The van der Waals surface area contributed by atoms with Crippen LogP contribution in [0.1, 0.15) is 20.7 Å². The molecule has 4 aromatic rings. The van der Waals surface area contributed by atoms with E-state index in [1.54, 1.807) is 0 Å². The Morgan fingerprint density at radius 3 is 1.00 bits per heavy atom. The Labute approximate surface area is 236 Å². The molecule has 0 radical (unpaired) electrons. The van der Waals surface area contributed by atoms with Gasteiger partial charge in [-0.15, -0.1) is 0 Å². The number of carbonyl (C=O) groups excluding carboxylic acids is 2. The van der Waals surface area contributed by atoms with E-state index in [-0.39, 0.29) is 21.2 Å². The van der Waals surface area contributed by atoms with E-state index >= 15 is 0 Å². The summed E-state index contributed by atoms with van der Waals surface area (Å²) in [4.78, 5) is 25.3. The lowest BCUT2D eigenvalue weighted by molar-refractivity contribution is 0.100. The maximum absolute atomic E-state index is 14.1. The van der Waals surface area contributed by atoms with Crippen LogP contribution in [0.5, 0.6) is 0 Å². The minimum absolute atomic E-state index is 0.133. The number of para-hydroxylation sites is 2. The average molecular weight is 636 g/mol. The van der Waals surface area contributed by atoms with Gasteiger partial charge in [-0.25, -0.2) is 43.9 Å². The quantitative estimate of drug-likeness (QED) is 0.0927. The molecule has 4 rings (SSSR count). The van der Waals surface area contributed by atoms with E-state index in [0.717, 1.165) is 21.6 Å². The topological polar surface area (TPSA) is 58.2 Å². The van der Waals surface area contributed by atoms with Crippen LogP contribution in [0.25, 0.3) is 0 Å². The number of carbonyl (C=O) groups is 2. The van der Waals surface area contributed by atoms with Gasteiger partial charge in [0, 0.05) is 9.79 Å². The minimum atomic E-state index is -2.44. The molecule has 0 spiro atoms. The van der Waals surface area contributed by atoms with Crippen LogP contribution in [-0.2, 0) is 0 Å². The number of hydrogen-bond donors (Lipinski definition) is 2. The highest BCUT2D eigenvalue weighted by molar-refractivity contribution is 8.76. The summed E-state index contributed by atoms with van der Waals surface area (Å²) in [7, 11) is 1.68. The summed E-state index contributed by atoms with van der Waals surface area (Å²) in [6, 6.07) is 10.9. The molecule has 0 bridgehead atoms. The second-order valence-electron chi connectivity index (χ2n) is 7.96. The van der Waals surface area contributed by atoms with Crippen molar-refractivity contribution in [2.24, 2.45) is 0 Å². The third kappa shape index (κ3) is 5.76. The first-order valence-electron chi connectivity index (χ1n) is 11.0. The fourth-order valence-corrected chi connectivity index (χ4v) is 5.63. The average Bonchev–Trinajstić information content (AvgIpc) is 2.97. The zero-order valence-corrected chi connectivity index (χ0v) is 21.7. The Bertz CT molecular complexity index is 1570. The fraction of sp³-hybridized carbons (Fsp3) is 0. The van der Waals surface area contributed by atoms with E-state index in [0.29, 0.717) is 0 Å². The number of benzene rings is 4. The summed E-state index contributed by atoms with van der Waals surface area (Å²) in [6.07, 6.45) is 0. The molecule has 0 aromatic heterocycles. The normalized spacial score (nSPS) is 11.0. The molecule has 0 unspecified atom stereocenters. The highest BCUT2D eigenvalue weighted by Gasteiger charge is 2.31. The van der Waals surface area contributed by atoms with Crippen LogP contribution in [0.2, 0.25) is 0 Å². The van der Waals surface area contributed by atoms with Gasteiger partial charge in [0.2, 0.25) is 11.6 Å². The Morgan fingerprint density at radius 1 is 0.429 bits per heavy atom. The zero-order chi connectivity index (χ0) is 30.9. The number of amides is 2. The Kier molecular flexibility index (Phi) is 9.06. The number of hydrogen-bond acceptors (Lipinski definition) is 4. The van der Waals surface area contributed by atoms with Gasteiger partial charge in [-0.1, -0.05) is 45.9 Å². The molecule has 4 aromatic carbocycles. The van der Waals surface area contributed by atoms with E-state index in [1.165, 1.54) is 48.5 Å². The summed E-state index contributed by atoms with van der Waals surface area (Å²) in [5.41, 5.74) is -3.71. The fourth-order valence-electron chi connectivity index (χ4n) is 3.35. The maximum atomic E-state index is 14.1. The molecule has 218 valence electrons. The van der Waals surface area contributed by atoms with Crippen LogP contribution in [0, 0.1) is 58.2 Å². The van der Waals surface area contributed by atoms with Gasteiger partial charge in [-0.3, -0.25) is 9.59 Å². The molecule has 0 fully saturated rings. The van der Waals surface area contributed by atoms with Crippen molar-refractivity contribution in [1.82, 2.24) is 0 Å². The second kappa shape index (κ2) is 12.4. The van der Waals surface area contributed by atoms with E-state index in [4.69, 9.17) is 0 Å². The van der Waals surface area contributed by atoms with Crippen molar-refractivity contribution in [2.75, 3.05) is 10.6 Å². The van der Waals surface area contributed by atoms with Crippen LogP contribution in [0.4, 0.5) is 55.3 Å². The summed E-state index contributed by atoms with van der Waals surface area (Å²) in [5.74, 6) is -26.9. The molecule has 0 aliphatic rings. The number of halogens is 10. The predicted molar refractivity (Wildman–Crippen MR) is 133 cm³/mol. The first-order valence-corrected chi connectivity index (χ1v) is 13.2. The highest BCUT2D eigenvalue weighted by atomic mass is 33.1. The summed E-state index contributed by atoms with van der Waals surface area (Å²) in [5, 5.41) is 4.10. The van der Waals surface area contributed by atoms with Gasteiger partial charge >= 0.3 is 0 Å². The summed E-state index contributed by atoms with van der Waals surface area (Å²) in [6.45, 7) is 0. The van der Waals surface area contributed by atoms with Crippen LogP contribution >= 0.6 is 21.6 Å². The first kappa shape index (κ1) is 30.8. The third-order valence-corrected chi connectivity index (χ3v) is 7.85. The SMILES string of the molecule is O=C(Nc1ccccc1SSc1ccccc1NC(=O)c1c(F)c(F)c(F)c(F)c1F)c1c(F)c(F)c(F)c(F)c1F. The van der Waals surface area contributed by atoms with Crippen LogP contribution < -0.4 is 10.6 Å². The standard InChI is InChI=1S/C26H10F10N2O2S2/c27-15-13(16(28)20(32)23(35)19(15)31)25(39)37-9-5-1-3-7-11(9)41-42-12-8-4-2-6-10(12)38-26(40)14-17(29)21(33)24(36)22(34)18(14)30/h1-8H,(H,37,39)(H,38,40). The molecular formula is C26H10F10N2O2S2. The van der Waals surface area contributed by atoms with Gasteiger partial charge in [0.15, 0.2) is 46.5 Å². The van der Waals surface area contributed by atoms with E-state index in [1.807, 2.05) is 0 Å². The van der Waals surface area contributed by atoms with Gasteiger partial charge in [-0.05, 0) is 24.3 Å².